The van der Waals surface area contributed by atoms with Crippen LogP contribution in [-0.2, 0) is 13.2 Å². The van der Waals surface area contributed by atoms with E-state index >= 15 is 4.39 Å². The Hall–Kier alpha value is -3.38. The zero-order chi connectivity index (χ0) is 21.3. The first-order chi connectivity index (χ1) is 14.5. The fourth-order valence-electron chi connectivity index (χ4n) is 2.75. The molecule has 0 heterocycles. The van der Waals surface area contributed by atoms with E-state index < -0.39 is 11.7 Å². The van der Waals surface area contributed by atoms with Crippen LogP contribution in [-0.4, -0.2) is 31.6 Å². The molecule has 5 nitrogen and oxygen atoms in total. The number of hydrogen-bond acceptors (Lipinski definition) is 4. The second kappa shape index (κ2) is 10.4. The molecule has 0 fully saturated rings. The number of nitrogens with zero attached hydrogens (tertiary/aromatic N) is 1. The van der Waals surface area contributed by atoms with E-state index in [-0.39, 0.29) is 30.3 Å². The van der Waals surface area contributed by atoms with Crippen molar-refractivity contribution >= 4 is 5.91 Å². The molecule has 0 radical (unpaired) electrons. The monoisotopic (exact) mass is 408 g/mol. The molecule has 0 aliphatic heterocycles. The first-order valence-electron chi connectivity index (χ1n) is 9.63. The molecule has 1 N–H and O–H groups in total. The summed E-state index contributed by atoms with van der Waals surface area (Å²) in [6, 6.07) is 22.0. The third kappa shape index (κ3) is 5.81. The van der Waals surface area contributed by atoms with Gasteiger partial charge in [-0.15, -0.1) is 0 Å². The Morgan fingerprint density at radius 1 is 0.867 bits per heavy atom. The quantitative estimate of drug-likeness (QED) is 0.539. The summed E-state index contributed by atoms with van der Waals surface area (Å²) in [5.74, 6) is -1.09. The van der Waals surface area contributed by atoms with Gasteiger partial charge in [-0.3, -0.25) is 9.69 Å². The van der Waals surface area contributed by atoms with Crippen LogP contribution in [0, 0.1) is 5.82 Å². The SMILES string of the molecule is CN(C)CNC(=O)c1ccc(OCc2ccccc2)c(OCc2ccccc2)c1F. The van der Waals surface area contributed by atoms with Crippen LogP contribution in [0.25, 0.3) is 0 Å². The molecule has 0 saturated carbocycles. The van der Waals surface area contributed by atoms with E-state index in [2.05, 4.69) is 5.32 Å². The summed E-state index contributed by atoms with van der Waals surface area (Å²) >= 11 is 0. The molecule has 0 bridgehead atoms. The lowest BCUT2D eigenvalue weighted by Crippen LogP contribution is -2.33. The van der Waals surface area contributed by atoms with E-state index in [4.69, 9.17) is 9.47 Å². The second-order valence-electron chi connectivity index (χ2n) is 7.05. The van der Waals surface area contributed by atoms with Gasteiger partial charge in [0.2, 0.25) is 0 Å². The van der Waals surface area contributed by atoms with Crippen molar-refractivity contribution in [3.63, 3.8) is 0 Å². The molecule has 1 amide bonds. The number of hydrogen-bond donors (Lipinski definition) is 1. The van der Waals surface area contributed by atoms with Gasteiger partial charge in [-0.1, -0.05) is 60.7 Å². The molecule has 3 aromatic rings. The van der Waals surface area contributed by atoms with Crippen molar-refractivity contribution in [2.75, 3.05) is 20.8 Å². The number of amides is 1. The highest BCUT2D eigenvalue weighted by Crippen LogP contribution is 2.34. The maximum atomic E-state index is 15.3. The minimum Gasteiger partial charge on any atom is -0.485 e. The Balaban J connectivity index is 1.84. The third-order valence-corrected chi connectivity index (χ3v) is 4.32. The van der Waals surface area contributed by atoms with Crippen LogP contribution in [0.5, 0.6) is 11.5 Å². The summed E-state index contributed by atoms with van der Waals surface area (Å²) in [5, 5.41) is 2.67. The number of rotatable bonds is 9. The van der Waals surface area contributed by atoms with Crippen molar-refractivity contribution in [3.05, 3.63) is 95.3 Å². The summed E-state index contributed by atoms with van der Waals surface area (Å²) in [5.41, 5.74) is 1.74. The molecule has 0 atom stereocenters. The Labute approximate surface area is 176 Å². The first-order valence-corrected chi connectivity index (χ1v) is 9.63. The van der Waals surface area contributed by atoms with Gasteiger partial charge >= 0.3 is 0 Å². The number of benzene rings is 3. The minimum atomic E-state index is -0.743. The van der Waals surface area contributed by atoms with Crippen LogP contribution in [0.4, 0.5) is 4.39 Å². The van der Waals surface area contributed by atoms with E-state index in [0.717, 1.165) is 11.1 Å². The van der Waals surface area contributed by atoms with Crippen LogP contribution >= 0.6 is 0 Å². The van der Waals surface area contributed by atoms with Gasteiger partial charge in [-0.2, -0.15) is 0 Å². The standard InChI is InChI=1S/C24H25FN2O3/c1-27(2)17-26-24(28)20-13-14-21(29-15-18-9-5-3-6-10-18)23(22(20)25)30-16-19-11-7-4-8-12-19/h3-14H,15-17H2,1-2H3,(H,26,28). The molecule has 0 aliphatic rings. The third-order valence-electron chi connectivity index (χ3n) is 4.32. The molecule has 156 valence electrons. The van der Waals surface area contributed by atoms with Crippen LogP contribution in [0.15, 0.2) is 72.8 Å². The van der Waals surface area contributed by atoms with Crippen LogP contribution in [0.1, 0.15) is 21.5 Å². The zero-order valence-electron chi connectivity index (χ0n) is 17.1. The molecule has 0 unspecified atom stereocenters. The Bertz CT molecular complexity index is 963. The molecular weight excluding hydrogens is 383 g/mol. The number of nitrogens with one attached hydrogen (secondary N) is 1. The maximum Gasteiger partial charge on any atom is 0.255 e. The van der Waals surface area contributed by atoms with Crippen LogP contribution in [0.3, 0.4) is 0 Å². The van der Waals surface area contributed by atoms with Crippen LogP contribution in [0.2, 0.25) is 0 Å². The smallest absolute Gasteiger partial charge is 0.255 e. The van der Waals surface area contributed by atoms with Crippen molar-refractivity contribution in [2.45, 2.75) is 13.2 Å². The molecule has 0 aromatic heterocycles. The van der Waals surface area contributed by atoms with Gasteiger partial charge in [-0.05, 0) is 37.4 Å². The fourth-order valence-corrected chi connectivity index (χ4v) is 2.75. The lowest BCUT2D eigenvalue weighted by molar-refractivity contribution is 0.0930. The van der Waals surface area contributed by atoms with Gasteiger partial charge in [-0.25, -0.2) is 4.39 Å². The lowest BCUT2D eigenvalue weighted by atomic mass is 10.1. The summed E-state index contributed by atoms with van der Waals surface area (Å²) < 4.78 is 26.8. The zero-order valence-corrected chi connectivity index (χ0v) is 17.1. The summed E-state index contributed by atoms with van der Waals surface area (Å²) in [6.07, 6.45) is 0. The van der Waals surface area contributed by atoms with E-state index in [9.17, 15) is 4.79 Å². The topological polar surface area (TPSA) is 50.8 Å². The average molecular weight is 408 g/mol. The first kappa shape index (κ1) is 21.3. The van der Waals surface area contributed by atoms with Gasteiger partial charge < -0.3 is 14.8 Å². The highest BCUT2D eigenvalue weighted by Gasteiger charge is 2.21. The van der Waals surface area contributed by atoms with Gasteiger partial charge in [0.15, 0.2) is 17.3 Å². The molecule has 0 spiro atoms. The number of carbonyl (C=O) groups is 1. The molecule has 6 heteroatoms. The Morgan fingerprint density at radius 3 is 2.00 bits per heavy atom. The molecule has 3 rings (SSSR count). The molecule has 30 heavy (non-hydrogen) atoms. The lowest BCUT2D eigenvalue weighted by Gasteiger charge is -2.17. The minimum absolute atomic E-state index is 0.0766. The second-order valence-corrected chi connectivity index (χ2v) is 7.05. The maximum absolute atomic E-state index is 15.3. The van der Waals surface area contributed by atoms with E-state index in [1.165, 1.54) is 6.07 Å². The number of carbonyl (C=O) groups excluding carboxylic acids is 1. The predicted molar refractivity (Wildman–Crippen MR) is 114 cm³/mol. The fraction of sp³-hybridized carbons (Fsp3) is 0.208. The van der Waals surface area contributed by atoms with Crippen molar-refractivity contribution in [1.29, 1.82) is 0 Å². The molecule has 3 aromatic carbocycles. The van der Waals surface area contributed by atoms with E-state index in [1.54, 1.807) is 11.0 Å². The summed E-state index contributed by atoms with van der Waals surface area (Å²) in [7, 11) is 3.62. The van der Waals surface area contributed by atoms with Crippen molar-refractivity contribution in [2.24, 2.45) is 0 Å². The average Bonchev–Trinajstić information content (AvgIpc) is 2.76. The molecule has 0 saturated heterocycles. The molecule has 0 aliphatic carbocycles. The predicted octanol–water partition coefficient (Wildman–Crippen LogP) is 4.23. The highest BCUT2D eigenvalue weighted by atomic mass is 19.1. The molecular formula is C24H25FN2O3. The largest absolute Gasteiger partial charge is 0.485 e. The normalized spacial score (nSPS) is 10.7. The highest BCUT2D eigenvalue weighted by molar-refractivity contribution is 5.95. The Kier molecular flexibility index (Phi) is 7.40. The van der Waals surface area contributed by atoms with Crippen molar-refractivity contribution < 1.29 is 18.7 Å². The Morgan fingerprint density at radius 2 is 1.43 bits per heavy atom. The summed E-state index contributed by atoms with van der Waals surface area (Å²) in [4.78, 5) is 14.2. The number of halogens is 1. The van der Waals surface area contributed by atoms with Crippen LogP contribution < -0.4 is 14.8 Å². The van der Waals surface area contributed by atoms with Gasteiger partial charge in [0.05, 0.1) is 12.2 Å². The van der Waals surface area contributed by atoms with Gasteiger partial charge in [0.25, 0.3) is 5.91 Å². The van der Waals surface area contributed by atoms with Gasteiger partial charge in [0.1, 0.15) is 13.2 Å². The van der Waals surface area contributed by atoms with E-state index in [1.807, 2.05) is 74.8 Å². The summed E-state index contributed by atoms with van der Waals surface area (Å²) in [6.45, 7) is 0.709. The van der Waals surface area contributed by atoms with Crippen molar-refractivity contribution in [1.82, 2.24) is 10.2 Å². The number of ether oxygens (including phenoxy) is 2. The van der Waals surface area contributed by atoms with E-state index in [0.29, 0.717) is 6.67 Å². The van der Waals surface area contributed by atoms with Gasteiger partial charge in [0, 0.05) is 0 Å². The van der Waals surface area contributed by atoms with Crippen molar-refractivity contribution in [3.8, 4) is 11.5 Å².